The highest BCUT2D eigenvalue weighted by Crippen LogP contribution is 2.38. The van der Waals surface area contributed by atoms with E-state index in [2.05, 4.69) is 5.32 Å². The molecule has 0 radical (unpaired) electrons. The molecule has 0 aliphatic carbocycles. The summed E-state index contributed by atoms with van der Waals surface area (Å²) in [6.07, 6.45) is -1.30. The van der Waals surface area contributed by atoms with Crippen LogP contribution in [0.15, 0.2) is 48.5 Å². The Balaban J connectivity index is 1.88. The standard InChI is InChI=1S/C21H22N2O5S/c1-13-8-9-16(10-14(13)2)21(15-6-4-3-5-7-15)19(25)23(20(26)22-21)17-11-29(27,28)12-18(17)24/h3-10,17-18,24H,11-12H2,1-2H3,(H,22,26)/t17-,18-,21-/m0/s1. The lowest BCUT2D eigenvalue weighted by atomic mass is 9.81. The number of aryl methyl sites for hydroxylation is 2. The molecule has 2 aromatic rings. The number of carbonyl (C=O) groups excluding carboxylic acids is 2. The molecule has 0 bridgehead atoms. The van der Waals surface area contributed by atoms with Crippen molar-refractivity contribution in [2.45, 2.75) is 31.5 Å². The molecule has 0 unspecified atom stereocenters. The maximum Gasteiger partial charge on any atom is 0.325 e. The fourth-order valence-electron chi connectivity index (χ4n) is 4.13. The summed E-state index contributed by atoms with van der Waals surface area (Å²) in [7, 11) is -3.53. The van der Waals surface area contributed by atoms with E-state index in [0.717, 1.165) is 16.0 Å². The second kappa shape index (κ2) is 6.67. The summed E-state index contributed by atoms with van der Waals surface area (Å²) in [5.41, 5.74) is 1.68. The first kappa shape index (κ1) is 19.6. The van der Waals surface area contributed by atoms with Crippen molar-refractivity contribution in [3.63, 3.8) is 0 Å². The molecule has 2 aliphatic rings. The third kappa shape index (κ3) is 3.03. The van der Waals surface area contributed by atoms with Gasteiger partial charge in [-0.05, 0) is 36.1 Å². The molecule has 29 heavy (non-hydrogen) atoms. The Hall–Kier alpha value is -2.71. The molecule has 2 aromatic carbocycles. The minimum Gasteiger partial charge on any atom is -0.390 e. The van der Waals surface area contributed by atoms with E-state index in [9.17, 15) is 23.1 Å². The average molecular weight is 414 g/mol. The molecule has 2 fully saturated rings. The van der Waals surface area contributed by atoms with Gasteiger partial charge < -0.3 is 10.4 Å². The van der Waals surface area contributed by atoms with Gasteiger partial charge in [0.05, 0.1) is 23.7 Å². The van der Waals surface area contributed by atoms with Crippen LogP contribution < -0.4 is 5.32 Å². The van der Waals surface area contributed by atoms with Gasteiger partial charge in [-0.15, -0.1) is 0 Å². The predicted octanol–water partition coefficient (Wildman–Crippen LogP) is 1.26. The third-order valence-electron chi connectivity index (χ3n) is 5.82. The van der Waals surface area contributed by atoms with Crippen molar-refractivity contribution in [2.75, 3.05) is 11.5 Å². The topological polar surface area (TPSA) is 104 Å². The quantitative estimate of drug-likeness (QED) is 0.736. The molecular formula is C21H22N2O5S. The minimum atomic E-state index is -3.53. The van der Waals surface area contributed by atoms with Crippen molar-refractivity contribution >= 4 is 21.8 Å². The lowest BCUT2D eigenvalue weighted by Crippen LogP contribution is -2.49. The zero-order valence-corrected chi connectivity index (χ0v) is 16.9. The number of aliphatic hydroxyl groups excluding tert-OH is 1. The summed E-state index contributed by atoms with van der Waals surface area (Å²) >= 11 is 0. The van der Waals surface area contributed by atoms with Crippen LogP contribution in [0.4, 0.5) is 4.79 Å². The Kier molecular flexibility index (Phi) is 4.51. The van der Waals surface area contributed by atoms with Gasteiger partial charge in [-0.3, -0.25) is 9.69 Å². The van der Waals surface area contributed by atoms with E-state index in [1.165, 1.54) is 0 Å². The molecule has 2 saturated heterocycles. The van der Waals surface area contributed by atoms with E-state index >= 15 is 0 Å². The SMILES string of the molecule is Cc1ccc([C@]2(c3ccccc3)NC(=O)N([C@H]3CS(=O)(=O)C[C@@H]3O)C2=O)cc1C. The first-order valence-electron chi connectivity index (χ1n) is 9.33. The van der Waals surface area contributed by atoms with Crippen LogP contribution in [0, 0.1) is 13.8 Å². The Morgan fingerprint density at radius 2 is 1.69 bits per heavy atom. The van der Waals surface area contributed by atoms with Crippen LogP contribution in [0.1, 0.15) is 22.3 Å². The molecule has 3 atom stereocenters. The number of hydrogen-bond acceptors (Lipinski definition) is 5. The zero-order chi connectivity index (χ0) is 21.0. The van der Waals surface area contributed by atoms with Gasteiger partial charge in [0.1, 0.15) is 0 Å². The predicted molar refractivity (Wildman–Crippen MR) is 107 cm³/mol. The molecular weight excluding hydrogens is 392 g/mol. The van der Waals surface area contributed by atoms with Crippen LogP contribution in [0.2, 0.25) is 0 Å². The Morgan fingerprint density at radius 1 is 1.00 bits per heavy atom. The Bertz CT molecular complexity index is 1100. The summed E-state index contributed by atoms with van der Waals surface area (Å²) in [6, 6.07) is 12.6. The first-order chi connectivity index (χ1) is 13.7. The first-order valence-corrected chi connectivity index (χ1v) is 11.2. The largest absolute Gasteiger partial charge is 0.390 e. The number of nitrogens with one attached hydrogen (secondary N) is 1. The van der Waals surface area contributed by atoms with E-state index in [4.69, 9.17) is 0 Å². The number of sulfone groups is 1. The summed E-state index contributed by atoms with van der Waals surface area (Å²) < 4.78 is 24.0. The van der Waals surface area contributed by atoms with Crippen LogP contribution in [0.25, 0.3) is 0 Å². The number of nitrogens with zero attached hydrogens (tertiary/aromatic N) is 1. The fraction of sp³-hybridized carbons (Fsp3) is 0.333. The number of benzene rings is 2. The molecule has 2 aliphatic heterocycles. The van der Waals surface area contributed by atoms with Gasteiger partial charge in [0.2, 0.25) is 0 Å². The van der Waals surface area contributed by atoms with Crippen molar-refractivity contribution in [2.24, 2.45) is 0 Å². The van der Waals surface area contributed by atoms with Crippen LogP contribution in [0.5, 0.6) is 0 Å². The van der Waals surface area contributed by atoms with Crippen LogP contribution in [-0.4, -0.2) is 54.0 Å². The minimum absolute atomic E-state index is 0.439. The lowest BCUT2D eigenvalue weighted by molar-refractivity contribution is -0.132. The van der Waals surface area contributed by atoms with Gasteiger partial charge in [0, 0.05) is 0 Å². The van der Waals surface area contributed by atoms with E-state index in [1.54, 1.807) is 30.3 Å². The molecule has 2 heterocycles. The molecule has 4 rings (SSSR count). The smallest absolute Gasteiger partial charge is 0.325 e. The zero-order valence-electron chi connectivity index (χ0n) is 16.1. The second-order valence-corrected chi connectivity index (χ2v) is 9.89. The second-order valence-electron chi connectivity index (χ2n) is 7.73. The summed E-state index contributed by atoms with van der Waals surface area (Å²) in [5.74, 6) is -1.49. The Morgan fingerprint density at radius 3 is 2.28 bits per heavy atom. The molecule has 152 valence electrons. The van der Waals surface area contributed by atoms with Gasteiger partial charge in [-0.1, -0.05) is 48.5 Å². The van der Waals surface area contributed by atoms with E-state index < -0.39 is 51.0 Å². The van der Waals surface area contributed by atoms with Crippen molar-refractivity contribution in [3.8, 4) is 0 Å². The highest BCUT2D eigenvalue weighted by molar-refractivity contribution is 7.91. The molecule has 7 nitrogen and oxygen atoms in total. The van der Waals surface area contributed by atoms with E-state index in [-0.39, 0.29) is 0 Å². The molecule has 3 amide bonds. The van der Waals surface area contributed by atoms with E-state index in [1.807, 2.05) is 32.0 Å². The lowest BCUT2D eigenvalue weighted by Gasteiger charge is -2.30. The number of amides is 3. The number of rotatable bonds is 3. The highest BCUT2D eigenvalue weighted by atomic mass is 32.2. The molecule has 0 spiro atoms. The van der Waals surface area contributed by atoms with Crippen LogP contribution in [-0.2, 0) is 20.2 Å². The van der Waals surface area contributed by atoms with Gasteiger partial charge in [-0.25, -0.2) is 13.2 Å². The van der Waals surface area contributed by atoms with Crippen molar-refractivity contribution in [3.05, 3.63) is 70.8 Å². The number of hydrogen-bond donors (Lipinski definition) is 2. The monoisotopic (exact) mass is 414 g/mol. The Labute approximate surface area is 169 Å². The average Bonchev–Trinajstić information content (AvgIpc) is 3.09. The number of carbonyl (C=O) groups is 2. The fourth-order valence-corrected chi connectivity index (χ4v) is 5.90. The van der Waals surface area contributed by atoms with Gasteiger partial charge in [-0.2, -0.15) is 0 Å². The summed E-state index contributed by atoms with van der Waals surface area (Å²) in [4.78, 5) is 27.5. The van der Waals surface area contributed by atoms with Crippen LogP contribution in [0.3, 0.4) is 0 Å². The molecule has 8 heteroatoms. The van der Waals surface area contributed by atoms with Crippen molar-refractivity contribution in [1.82, 2.24) is 10.2 Å². The number of imide groups is 1. The maximum absolute atomic E-state index is 13.7. The molecule has 0 aromatic heterocycles. The number of urea groups is 1. The summed E-state index contributed by atoms with van der Waals surface area (Å²) in [6.45, 7) is 3.87. The van der Waals surface area contributed by atoms with Gasteiger partial charge in [0.25, 0.3) is 5.91 Å². The normalized spacial score (nSPS) is 28.6. The number of aliphatic hydroxyl groups is 1. The van der Waals surface area contributed by atoms with E-state index in [0.29, 0.717) is 11.1 Å². The van der Waals surface area contributed by atoms with Crippen molar-refractivity contribution < 1.29 is 23.1 Å². The highest BCUT2D eigenvalue weighted by Gasteiger charge is 2.58. The van der Waals surface area contributed by atoms with Gasteiger partial charge in [0.15, 0.2) is 15.4 Å². The molecule has 0 saturated carbocycles. The third-order valence-corrected chi connectivity index (χ3v) is 7.52. The van der Waals surface area contributed by atoms with Crippen molar-refractivity contribution in [1.29, 1.82) is 0 Å². The molecule has 2 N–H and O–H groups in total. The summed E-state index contributed by atoms with van der Waals surface area (Å²) in [5, 5.41) is 13.1. The maximum atomic E-state index is 13.7. The van der Waals surface area contributed by atoms with Gasteiger partial charge >= 0.3 is 6.03 Å². The van der Waals surface area contributed by atoms with Crippen LogP contribution >= 0.6 is 0 Å².